The Kier molecular flexibility index (Phi) is 6.53. The van der Waals surface area contributed by atoms with Gasteiger partial charge in [0.15, 0.2) is 11.0 Å². The lowest BCUT2D eigenvalue weighted by atomic mass is 9.78. The van der Waals surface area contributed by atoms with Crippen LogP contribution in [-0.2, 0) is 11.3 Å². The fourth-order valence-electron chi connectivity index (χ4n) is 5.16. The van der Waals surface area contributed by atoms with Crippen LogP contribution in [-0.4, -0.2) is 48.9 Å². The molecule has 0 N–H and O–H groups in total. The van der Waals surface area contributed by atoms with Crippen LogP contribution in [0.1, 0.15) is 44.1 Å². The molecule has 5 rings (SSSR count). The first-order chi connectivity index (χ1) is 15.8. The van der Waals surface area contributed by atoms with Crippen molar-refractivity contribution in [3.05, 3.63) is 60.4 Å². The van der Waals surface area contributed by atoms with Gasteiger partial charge >= 0.3 is 0 Å². The van der Waals surface area contributed by atoms with Gasteiger partial charge in [-0.1, -0.05) is 54.9 Å². The van der Waals surface area contributed by atoms with Crippen molar-refractivity contribution in [3.63, 3.8) is 0 Å². The predicted molar refractivity (Wildman–Crippen MR) is 126 cm³/mol. The first-order valence-corrected chi connectivity index (χ1v) is 12.6. The Bertz CT molecular complexity index is 1040. The van der Waals surface area contributed by atoms with Crippen molar-refractivity contribution in [2.24, 2.45) is 5.92 Å². The number of hydrogen-bond donors (Lipinski definition) is 0. The topological polar surface area (TPSA) is 63.9 Å². The van der Waals surface area contributed by atoms with Crippen molar-refractivity contribution in [1.29, 1.82) is 0 Å². The smallest absolute Gasteiger partial charge is 0.233 e. The molecule has 1 saturated carbocycles. The maximum Gasteiger partial charge on any atom is 0.233 e. The van der Waals surface area contributed by atoms with Crippen LogP contribution in [0.5, 0.6) is 0 Å². The molecule has 2 aliphatic rings. The monoisotopic (exact) mass is 447 g/mol. The van der Waals surface area contributed by atoms with Gasteiger partial charge in [-0.25, -0.2) is 0 Å². The van der Waals surface area contributed by atoms with E-state index < -0.39 is 0 Å². The van der Waals surface area contributed by atoms with Crippen LogP contribution in [0.4, 0.5) is 0 Å². The van der Waals surface area contributed by atoms with Gasteiger partial charge in [-0.3, -0.25) is 14.3 Å². The van der Waals surface area contributed by atoms with Crippen LogP contribution in [0.25, 0.3) is 11.4 Å². The second kappa shape index (κ2) is 9.86. The number of carbonyl (C=O) groups excluding carboxylic acids is 1. The number of thioether (sulfide) groups is 1. The van der Waals surface area contributed by atoms with E-state index in [0.29, 0.717) is 24.3 Å². The summed E-state index contributed by atoms with van der Waals surface area (Å²) < 4.78 is 2.11. The van der Waals surface area contributed by atoms with Crippen LogP contribution < -0.4 is 0 Å². The number of fused-ring (bicyclic) bond motifs is 1. The van der Waals surface area contributed by atoms with Gasteiger partial charge in [0.05, 0.1) is 12.3 Å². The molecule has 0 radical (unpaired) electrons. The number of amides is 1. The van der Waals surface area contributed by atoms with E-state index in [9.17, 15) is 4.79 Å². The molecule has 2 fully saturated rings. The molecule has 0 spiro atoms. The number of nitrogens with zero attached hydrogens (tertiary/aromatic N) is 5. The van der Waals surface area contributed by atoms with Crippen LogP contribution in [0.2, 0.25) is 0 Å². The number of carbonyl (C=O) groups is 1. The van der Waals surface area contributed by atoms with E-state index in [4.69, 9.17) is 0 Å². The van der Waals surface area contributed by atoms with E-state index in [1.54, 1.807) is 12.4 Å². The normalized spacial score (nSPS) is 20.7. The van der Waals surface area contributed by atoms with Gasteiger partial charge in [0, 0.05) is 30.5 Å². The third kappa shape index (κ3) is 4.58. The van der Waals surface area contributed by atoms with Gasteiger partial charge in [-0.15, -0.1) is 10.2 Å². The largest absolute Gasteiger partial charge is 0.339 e. The van der Waals surface area contributed by atoms with Gasteiger partial charge in [0.1, 0.15) is 0 Å². The molecular weight excluding hydrogens is 418 g/mol. The zero-order valence-electron chi connectivity index (χ0n) is 18.3. The lowest BCUT2D eigenvalue weighted by Gasteiger charge is -2.44. The molecule has 3 heterocycles. The average Bonchev–Trinajstić information content (AvgIpc) is 3.25. The second-order valence-corrected chi connectivity index (χ2v) is 9.69. The Balaban J connectivity index is 1.35. The maximum absolute atomic E-state index is 13.2. The lowest BCUT2D eigenvalue weighted by Crippen LogP contribution is -2.50. The molecule has 1 amide bonds. The molecule has 1 saturated heterocycles. The summed E-state index contributed by atoms with van der Waals surface area (Å²) in [7, 11) is 0. The van der Waals surface area contributed by atoms with Gasteiger partial charge in [0.25, 0.3) is 0 Å². The number of rotatable bonds is 6. The number of piperidine rings is 1. The van der Waals surface area contributed by atoms with E-state index in [2.05, 4.69) is 36.8 Å². The van der Waals surface area contributed by atoms with Crippen molar-refractivity contribution in [2.45, 2.75) is 56.3 Å². The third-order valence-electron chi connectivity index (χ3n) is 6.73. The summed E-state index contributed by atoms with van der Waals surface area (Å²) in [5.41, 5.74) is 2.15. The van der Waals surface area contributed by atoms with Crippen LogP contribution in [0.15, 0.2) is 60.0 Å². The Morgan fingerprint density at radius 1 is 0.969 bits per heavy atom. The molecule has 3 aromatic rings. The molecule has 1 aromatic carbocycles. The fourth-order valence-corrected chi connectivity index (χ4v) is 5.99. The fraction of sp³-hybridized carbons (Fsp3) is 0.440. The summed E-state index contributed by atoms with van der Waals surface area (Å²) in [5, 5.41) is 9.73. The molecule has 1 aliphatic carbocycles. The van der Waals surface area contributed by atoms with E-state index >= 15 is 0 Å². The molecule has 2 aromatic heterocycles. The second-order valence-electron chi connectivity index (χ2n) is 8.74. The molecule has 7 heteroatoms. The molecule has 32 heavy (non-hydrogen) atoms. The molecule has 2 atom stereocenters. The highest BCUT2D eigenvalue weighted by Crippen LogP contribution is 2.36. The standard InChI is InChI=1S/C25H29N5OS/c31-23(29-16-6-10-20-9-4-5-11-22(20)29)18-32-25-28-27-24(21-12-14-26-15-13-21)30(25)17-19-7-2-1-3-8-19/h1-3,7-8,12-15,20,22H,4-6,9-11,16-18H2/t20-,22-/m1/s1. The van der Waals surface area contributed by atoms with Crippen LogP contribution in [0, 0.1) is 5.92 Å². The maximum atomic E-state index is 13.2. The lowest BCUT2D eigenvalue weighted by molar-refractivity contribution is -0.134. The number of aromatic nitrogens is 4. The Morgan fingerprint density at radius 2 is 1.75 bits per heavy atom. The Hall–Kier alpha value is -2.67. The number of hydrogen-bond acceptors (Lipinski definition) is 5. The van der Waals surface area contributed by atoms with Gasteiger partial charge in [0.2, 0.25) is 5.91 Å². The summed E-state index contributed by atoms with van der Waals surface area (Å²) >= 11 is 1.51. The van der Waals surface area contributed by atoms with Crippen molar-refractivity contribution < 1.29 is 4.79 Å². The van der Waals surface area contributed by atoms with Crippen molar-refractivity contribution in [1.82, 2.24) is 24.6 Å². The quantitative estimate of drug-likeness (QED) is 0.514. The summed E-state index contributed by atoms with van der Waals surface area (Å²) in [6, 6.07) is 14.6. The van der Waals surface area contributed by atoms with Gasteiger partial charge < -0.3 is 4.90 Å². The van der Waals surface area contributed by atoms with E-state index in [0.717, 1.165) is 35.9 Å². The minimum Gasteiger partial charge on any atom is -0.339 e. The van der Waals surface area contributed by atoms with Crippen LogP contribution in [0.3, 0.4) is 0 Å². The van der Waals surface area contributed by atoms with E-state index in [1.165, 1.54) is 43.0 Å². The SMILES string of the molecule is O=C(CSc1nnc(-c2ccncc2)n1Cc1ccccc1)N1CCC[C@H]2CCCC[C@H]21. The van der Waals surface area contributed by atoms with E-state index in [-0.39, 0.29) is 5.91 Å². The van der Waals surface area contributed by atoms with Crippen molar-refractivity contribution >= 4 is 17.7 Å². The highest BCUT2D eigenvalue weighted by molar-refractivity contribution is 7.99. The Labute approximate surface area is 193 Å². The molecule has 6 nitrogen and oxygen atoms in total. The average molecular weight is 448 g/mol. The van der Waals surface area contributed by atoms with Crippen LogP contribution >= 0.6 is 11.8 Å². The summed E-state index contributed by atoms with van der Waals surface area (Å²) in [6.45, 7) is 1.57. The highest BCUT2D eigenvalue weighted by atomic mass is 32.2. The number of likely N-dealkylation sites (tertiary alicyclic amines) is 1. The summed E-state index contributed by atoms with van der Waals surface area (Å²) in [5.74, 6) is 2.15. The zero-order valence-corrected chi connectivity index (χ0v) is 19.1. The predicted octanol–water partition coefficient (Wildman–Crippen LogP) is 4.66. The third-order valence-corrected chi connectivity index (χ3v) is 7.68. The first kappa shape index (κ1) is 21.2. The van der Waals surface area contributed by atoms with E-state index in [1.807, 2.05) is 30.3 Å². The molecular formula is C25H29N5OS. The minimum absolute atomic E-state index is 0.242. The highest BCUT2D eigenvalue weighted by Gasteiger charge is 2.35. The first-order valence-electron chi connectivity index (χ1n) is 11.6. The number of benzene rings is 1. The van der Waals surface area contributed by atoms with Gasteiger partial charge in [-0.2, -0.15) is 0 Å². The minimum atomic E-state index is 0.242. The van der Waals surface area contributed by atoms with Crippen molar-refractivity contribution in [2.75, 3.05) is 12.3 Å². The van der Waals surface area contributed by atoms with Crippen molar-refractivity contribution in [3.8, 4) is 11.4 Å². The molecule has 0 unspecified atom stereocenters. The summed E-state index contributed by atoms with van der Waals surface area (Å²) in [4.78, 5) is 19.5. The van der Waals surface area contributed by atoms with Gasteiger partial charge in [-0.05, 0) is 49.3 Å². The number of pyridine rings is 1. The summed E-state index contributed by atoms with van der Waals surface area (Å²) in [6.07, 6.45) is 11.0. The molecule has 166 valence electrons. The molecule has 0 bridgehead atoms. The Morgan fingerprint density at radius 3 is 2.59 bits per heavy atom. The molecule has 1 aliphatic heterocycles. The zero-order chi connectivity index (χ0) is 21.8.